The van der Waals surface area contributed by atoms with E-state index in [1.165, 1.54) is 32.6 Å². The first-order chi connectivity index (χ1) is 22.7. The molecule has 0 amide bonds. The van der Waals surface area contributed by atoms with E-state index in [1.807, 2.05) is 66.7 Å². The molecule has 0 radical (unpaired) electrons. The Morgan fingerprint density at radius 2 is 0.681 bits per heavy atom. The van der Waals surface area contributed by atoms with E-state index < -0.39 is 15.8 Å². The quantitative estimate of drug-likeness (QED) is 0.0834. The molecular formula is C42H37NiO2P2+. The fraction of sp³-hybridized carbons (Fsp3) is 0. The van der Waals surface area contributed by atoms with Gasteiger partial charge in [-0.2, -0.15) is 36.4 Å². The van der Waals surface area contributed by atoms with Crippen molar-refractivity contribution < 1.29 is 26.7 Å². The summed E-state index contributed by atoms with van der Waals surface area (Å²) in [6.45, 7) is 0. The van der Waals surface area contributed by atoms with Gasteiger partial charge in [-0.05, 0) is 72.8 Å². The summed E-state index contributed by atoms with van der Waals surface area (Å²) in [5.74, 6) is 0.409. The second kappa shape index (κ2) is 19.2. The van der Waals surface area contributed by atoms with Crippen LogP contribution in [0, 0.1) is 6.07 Å². The number of hydrogen-bond donors (Lipinski definition) is 2. The van der Waals surface area contributed by atoms with Crippen molar-refractivity contribution in [2.45, 2.75) is 0 Å². The van der Waals surface area contributed by atoms with Crippen LogP contribution >= 0.6 is 15.8 Å². The van der Waals surface area contributed by atoms with E-state index in [2.05, 4.69) is 121 Å². The summed E-state index contributed by atoms with van der Waals surface area (Å²) in [7, 11) is -2.22. The molecule has 0 heterocycles. The first-order valence-corrected chi connectivity index (χ1v) is 18.1. The van der Waals surface area contributed by atoms with Crippen LogP contribution in [0.3, 0.4) is 0 Å². The number of benzene rings is 7. The van der Waals surface area contributed by atoms with Crippen LogP contribution in [0.2, 0.25) is 0 Å². The smallest absolute Gasteiger partial charge is 0.158 e. The second-order valence-electron chi connectivity index (χ2n) is 10.4. The average Bonchev–Trinajstić information content (AvgIpc) is 3.14. The van der Waals surface area contributed by atoms with Crippen molar-refractivity contribution in [3.63, 3.8) is 0 Å². The molecule has 7 aromatic rings. The van der Waals surface area contributed by atoms with E-state index in [0.29, 0.717) is 0 Å². The molecule has 0 atom stereocenters. The summed E-state index contributed by atoms with van der Waals surface area (Å²) in [5, 5.41) is 27.5. The normalized spacial score (nSPS) is 10.1. The predicted molar refractivity (Wildman–Crippen MR) is 202 cm³/mol. The number of aromatic hydroxyl groups is 2. The van der Waals surface area contributed by atoms with Crippen LogP contribution in [0.5, 0.6) is 11.5 Å². The van der Waals surface area contributed by atoms with Gasteiger partial charge in [0.1, 0.15) is 45.5 Å². The molecule has 7 rings (SSSR count). The molecule has 0 bridgehead atoms. The maximum atomic E-state index is 10.2. The Kier molecular flexibility index (Phi) is 14.5. The number of phenols is 2. The van der Waals surface area contributed by atoms with E-state index in [9.17, 15) is 10.2 Å². The maximum absolute atomic E-state index is 10.2. The van der Waals surface area contributed by atoms with E-state index in [1.54, 1.807) is 12.1 Å². The second-order valence-corrected chi connectivity index (χ2v) is 15.3. The van der Waals surface area contributed by atoms with E-state index in [0.717, 1.165) is 5.30 Å². The molecule has 0 aliphatic rings. The van der Waals surface area contributed by atoms with E-state index in [-0.39, 0.29) is 28.0 Å². The minimum atomic E-state index is -1.34. The van der Waals surface area contributed by atoms with Crippen molar-refractivity contribution in [1.29, 1.82) is 0 Å². The van der Waals surface area contributed by atoms with Gasteiger partial charge in [-0.15, -0.1) is 0 Å². The fourth-order valence-electron chi connectivity index (χ4n) is 5.07. The zero-order valence-corrected chi connectivity index (χ0v) is 28.8. The Bertz CT molecular complexity index is 1680. The van der Waals surface area contributed by atoms with Gasteiger partial charge in [0.25, 0.3) is 0 Å². The van der Waals surface area contributed by atoms with Gasteiger partial charge in [-0.1, -0.05) is 91.0 Å². The third-order valence-electron chi connectivity index (χ3n) is 7.17. The Morgan fingerprint density at radius 1 is 0.362 bits per heavy atom. The van der Waals surface area contributed by atoms with Crippen LogP contribution in [-0.2, 0) is 16.5 Å². The Labute approximate surface area is 290 Å². The van der Waals surface area contributed by atoms with Crippen molar-refractivity contribution in [3.05, 3.63) is 206 Å². The molecule has 2 N–H and O–H groups in total. The minimum absolute atomic E-state index is 0. The first-order valence-electron chi connectivity index (χ1n) is 15.1. The fourth-order valence-corrected chi connectivity index (χ4v) is 10.3. The van der Waals surface area contributed by atoms with Gasteiger partial charge in [0.05, 0.1) is 7.92 Å². The molecule has 5 heteroatoms. The Morgan fingerprint density at radius 3 is 0.979 bits per heavy atom. The van der Waals surface area contributed by atoms with E-state index >= 15 is 0 Å². The van der Waals surface area contributed by atoms with Crippen LogP contribution in [0.4, 0.5) is 0 Å². The molecule has 7 aromatic carbocycles. The van der Waals surface area contributed by atoms with Crippen LogP contribution in [-0.4, -0.2) is 10.2 Å². The van der Waals surface area contributed by atoms with Crippen LogP contribution in [0.15, 0.2) is 200 Å². The van der Waals surface area contributed by atoms with Gasteiger partial charge < -0.3 is 10.2 Å². The topological polar surface area (TPSA) is 40.5 Å². The first kappa shape index (κ1) is 35.3. The van der Waals surface area contributed by atoms with Gasteiger partial charge in [-0.25, -0.2) is 0 Å². The monoisotopic (exact) mass is 693 g/mol. The summed E-state index contributed by atoms with van der Waals surface area (Å²) in [6.07, 6.45) is 0. The molecule has 2 nitrogen and oxygen atoms in total. The van der Waals surface area contributed by atoms with Crippen molar-refractivity contribution in [2.75, 3.05) is 0 Å². The molecule has 236 valence electrons. The molecular weight excluding hydrogens is 657 g/mol. The van der Waals surface area contributed by atoms with Gasteiger partial charge in [0, 0.05) is 22.6 Å². The molecule has 0 aliphatic carbocycles. The number of hydrogen-bond acceptors (Lipinski definition) is 2. The summed E-state index contributed by atoms with van der Waals surface area (Å²) < 4.78 is 0. The third kappa shape index (κ3) is 10.5. The Balaban J connectivity index is 0.000000178. The molecule has 0 aromatic heterocycles. The van der Waals surface area contributed by atoms with Crippen molar-refractivity contribution >= 4 is 47.7 Å². The molecule has 0 saturated carbocycles. The van der Waals surface area contributed by atoms with Crippen LogP contribution < -0.4 is 31.8 Å². The summed E-state index contributed by atoms with van der Waals surface area (Å²) in [6, 6.07) is 70.0. The maximum Gasteiger partial charge on any atom is 0.158 e. The van der Waals surface area contributed by atoms with Gasteiger partial charge in [0.2, 0.25) is 0 Å². The van der Waals surface area contributed by atoms with Gasteiger partial charge >= 0.3 is 0 Å². The molecule has 0 spiro atoms. The molecule has 47 heavy (non-hydrogen) atoms. The molecule has 0 fully saturated rings. The summed E-state index contributed by atoms with van der Waals surface area (Å²) in [4.78, 5) is 0. The van der Waals surface area contributed by atoms with Crippen molar-refractivity contribution in [1.82, 2.24) is 0 Å². The van der Waals surface area contributed by atoms with Crippen molar-refractivity contribution in [2.24, 2.45) is 0 Å². The standard InChI is InChI=1S/C18H15O2P.C18H15P.C6H5.Ni/c19-14-11-12-17(20)18(13-14)21(15-7-3-1-4-8-15)16-9-5-2-6-10-16;1-4-10-16(11-5-1)19(17-12-6-2-7-13-17)18-14-8-3-9-15-18;1-2-4-6-5-3-1;/h1-13,19-20H;1-15H;1-5H;/q;;-1;/p+2. The zero-order valence-electron chi connectivity index (χ0n) is 25.8. The van der Waals surface area contributed by atoms with Crippen LogP contribution in [0.25, 0.3) is 0 Å². The van der Waals surface area contributed by atoms with Crippen LogP contribution in [0.1, 0.15) is 0 Å². The summed E-state index contributed by atoms with van der Waals surface area (Å²) >= 11 is 0. The van der Waals surface area contributed by atoms with E-state index in [4.69, 9.17) is 0 Å². The number of phenolic OH excluding ortho intramolecular Hbond substituents is 2. The van der Waals surface area contributed by atoms with Gasteiger partial charge in [-0.3, -0.25) is 0 Å². The third-order valence-corrected chi connectivity index (χ3v) is 12.7. The van der Waals surface area contributed by atoms with Gasteiger partial charge in [0.15, 0.2) is 5.75 Å². The average molecular weight is 694 g/mol. The molecule has 0 aliphatic heterocycles. The largest absolute Gasteiger partial charge is 0.508 e. The zero-order chi connectivity index (χ0) is 31.8. The number of rotatable bonds is 6. The summed E-state index contributed by atoms with van der Waals surface area (Å²) in [5.41, 5.74) is 0. The SMILES string of the molecule is Oc1ccc(O)c([PH+](c2ccccc2)c2ccccc2)c1.[Ni].[c-]1ccccc1.c1ccc([PH+](c2ccccc2)c2ccccc2)cc1. The predicted octanol–water partition coefficient (Wildman–Crippen LogP) is 7.25. The molecule has 0 saturated heterocycles. The minimum Gasteiger partial charge on any atom is -0.508 e. The molecule has 0 unspecified atom stereocenters. The van der Waals surface area contributed by atoms with Crippen molar-refractivity contribution in [3.8, 4) is 11.5 Å². The Hall–Kier alpha value is -4.51.